The van der Waals surface area contributed by atoms with Crippen molar-refractivity contribution in [3.05, 3.63) is 0 Å². The quantitative estimate of drug-likeness (QED) is 0.661. The van der Waals surface area contributed by atoms with Crippen LogP contribution in [-0.4, -0.2) is 63.1 Å². The van der Waals surface area contributed by atoms with Gasteiger partial charge in [0.1, 0.15) is 0 Å². The summed E-state index contributed by atoms with van der Waals surface area (Å²) in [6.45, 7) is 4.26. The molecule has 0 aliphatic carbocycles. The molecule has 0 aromatic rings. The van der Waals surface area contributed by atoms with Crippen LogP contribution in [0.2, 0.25) is 0 Å². The van der Waals surface area contributed by atoms with Crippen molar-refractivity contribution < 1.29 is 9.84 Å². The van der Waals surface area contributed by atoms with Crippen LogP contribution in [0.3, 0.4) is 0 Å². The molecule has 0 radical (unpaired) electrons. The Hall–Kier alpha value is -0.160. The molecule has 1 aliphatic rings. The fraction of sp³-hybridized carbons (Fsp3) is 1.00. The second kappa shape index (κ2) is 8.01. The summed E-state index contributed by atoms with van der Waals surface area (Å²) in [6.07, 6.45) is 3.21. The lowest BCUT2D eigenvalue weighted by molar-refractivity contribution is 0.0545. The Kier molecular flexibility index (Phi) is 6.96. The summed E-state index contributed by atoms with van der Waals surface area (Å²) in [5.41, 5.74) is 0. The highest BCUT2D eigenvalue weighted by atomic mass is 16.5. The fourth-order valence-corrected chi connectivity index (χ4v) is 2.30. The highest BCUT2D eigenvalue weighted by molar-refractivity contribution is 4.72. The number of aliphatic hydroxyl groups excluding tert-OH is 1. The van der Waals surface area contributed by atoms with Gasteiger partial charge in [0.15, 0.2) is 0 Å². The van der Waals surface area contributed by atoms with Gasteiger partial charge in [0.25, 0.3) is 0 Å². The third-order valence-corrected chi connectivity index (χ3v) is 3.33. The van der Waals surface area contributed by atoms with E-state index in [1.165, 1.54) is 12.8 Å². The van der Waals surface area contributed by atoms with Crippen LogP contribution in [0, 0.1) is 5.92 Å². The van der Waals surface area contributed by atoms with Crippen molar-refractivity contribution in [2.45, 2.75) is 25.3 Å². The Bertz CT molecular complexity index is 166. The van der Waals surface area contributed by atoms with Crippen molar-refractivity contribution in [2.75, 3.05) is 47.0 Å². The van der Waals surface area contributed by atoms with Gasteiger partial charge in [0, 0.05) is 39.0 Å². The van der Waals surface area contributed by atoms with Crippen LogP contribution >= 0.6 is 0 Å². The molecular weight excluding hydrogens is 204 g/mol. The van der Waals surface area contributed by atoms with Crippen LogP contribution < -0.4 is 5.32 Å². The molecule has 0 aromatic heterocycles. The van der Waals surface area contributed by atoms with E-state index >= 15 is 0 Å². The van der Waals surface area contributed by atoms with Gasteiger partial charge in [-0.25, -0.2) is 0 Å². The zero-order valence-corrected chi connectivity index (χ0v) is 10.6. The molecule has 0 saturated carbocycles. The standard InChI is InChI=1S/C12H26N2O2/c1-13-12(3-6-15)10-14(2)9-11-4-7-16-8-5-11/h11-13,15H,3-10H2,1-2H3. The zero-order chi connectivity index (χ0) is 11.8. The molecule has 1 aliphatic heterocycles. The minimum absolute atomic E-state index is 0.261. The largest absolute Gasteiger partial charge is 0.396 e. The van der Waals surface area contributed by atoms with Crippen molar-refractivity contribution in [3.8, 4) is 0 Å². The number of aliphatic hydroxyl groups is 1. The van der Waals surface area contributed by atoms with Crippen LogP contribution in [0.4, 0.5) is 0 Å². The van der Waals surface area contributed by atoms with Crippen molar-refractivity contribution in [1.82, 2.24) is 10.2 Å². The van der Waals surface area contributed by atoms with Gasteiger partial charge < -0.3 is 20.1 Å². The van der Waals surface area contributed by atoms with Crippen molar-refractivity contribution in [1.29, 1.82) is 0 Å². The Balaban J connectivity index is 2.19. The molecule has 2 N–H and O–H groups in total. The first kappa shape index (κ1) is 13.9. The highest BCUT2D eigenvalue weighted by Gasteiger charge is 2.17. The van der Waals surface area contributed by atoms with Gasteiger partial charge in [-0.05, 0) is 39.3 Å². The molecule has 0 bridgehead atoms. The Labute approximate surface area is 99.0 Å². The summed E-state index contributed by atoms with van der Waals surface area (Å²) in [6, 6.07) is 0.398. The van der Waals surface area contributed by atoms with E-state index in [1.807, 2.05) is 7.05 Å². The summed E-state index contributed by atoms with van der Waals surface area (Å²) in [5.74, 6) is 0.783. The highest BCUT2D eigenvalue weighted by Crippen LogP contribution is 2.15. The monoisotopic (exact) mass is 230 g/mol. The lowest BCUT2D eigenvalue weighted by Gasteiger charge is -2.29. The first-order chi connectivity index (χ1) is 7.76. The lowest BCUT2D eigenvalue weighted by Crippen LogP contribution is -2.40. The minimum atomic E-state index is 0.261. The zero-order valence-electron chi connectivity index (χ0n) is 10.6. The molecule has 0 spiro atoms. The fourth-order valence-electron chi connectivity index (χ4n) is 2.30. The van der Waals surface area contributed by atoms with E-state index in [0.717, 1.165) is 38.6 Å². The summed E-state index contributed by atoms with van der Waals surface area (Å²) < 4.78 is 5.36. The summed E-state index contributed by atoms with van der Waals surface area (Å²) in [7, 11) is 4.12. The van der Waals surface area contributed by atoms with Crippen molar-refractivity contribution in [3.63, 3.8) is 0 Å². The predicted molar refractivity (Wildman–Crippen MR) is 65.6 cm³/mol. The second-order valence-corrected chi connectivity index (χ2v) is 4.77. The number of hydrogen-bond donors (Lipinski definition) is 2. The second-order valence-electron chi connectivity index (χ2n) is 4.77. The van der Waals surface area contributed by atoms with E-state index in [2.05, 4.69) is 17.3 Å². The van der Waals surface area contributed by atoms with Crippen LogP contribution in [0.15, 0.2) is 0 Å². The molecule has 96 valence electrons. The molecule has 4 heteroatoms. The van der Waals surface area contributed by atoms with Gasteiger partial charge >= 0.3 is 0 Å². The van der Waals surface area contributed by atoms with Gasteiger partial charge in [-0.15, -0.1) is 0 Å². The van der Waals surface area contributed by atoms with Gasteiger partial charge in [0.05, 0.1) is 0 Å². The topological polar surface area (TPSA) is 44.7 Å². The number of rotatable bonds is 7. The molecule has 1 rings (SSSR count). The van der Waals surface area contributed by atoms with E-state index in [4.69, 9.17) is 9.84 Å². The van der Waals surface area contributed by atoms with E-state index < -0.39 is 0 Å². The Morgan fingerprint density at radius 3 is 2.69 bits per heavy atom. The SMILES string of the molecule is CNC(CCO)CN(C)CC1CCOCC1. The molecule has 4 nitrogen and oxygen atoms in total. The maximum absolute atomic E-state index is 8.93. The molecule has 0 amide bonds. The smallest absolute Gasteiger partial charge is 0.0469 e. The average molecular weight is 230 g/mol. The Morgan fingerprint density at radius 1 is 1.44 bits per heavy atom. The van der Waals surface area contributed by atoms with Crippen LogP contribution in [0.25, 0.3) is 0 Å². The lowest BCUT2D eigenvalue weighted by atomic mass is 9.99. The van der Waals surface area contributed by atoms with E-state index in [-0.39, 0.29) is 6.61 Å². The number of likely N-dealkylation sites (N-methyl/N-ethyl adjacent to an activating group) is 2. The normalized spacial score (nSPS) is 20.2. The first-order valence-corrected chi connectivity index (χ1v) is 6.30. The number of hydrogen-bond acceptors (Lipinski definition) is 4. The molecule has 1 heterocycles. The molecule has 1 fully saturated rings. The van der Waals surface area contributed by atoms with Crippen LogP contribution in [0.1, 0.15) is 19.3 Å². The minimum Gasteiger partial charge on any atom is -0.396 e. The number of nitrogens with zero attached hydrogens (tertiary/aromatic N) is 1. The van der Waals surface area contributed by atoms with Gasteiger partial charge in [-0.3, -0.25) is 0 Å². The summed E-state index contributed by atoms with van der Waals surface area (Å²) in [4.78, 5) is 2.37. The number of nitrogens with one attached hydrogen (secondary N) is 1. The van der Waals surface area contributed by atoms with Crippen LogP contribution in [0.5, 0.6) is 0 Å². The Morgan fingerprint density at radius 2 is 2.12 bits per heavy atom. The molecule has 1 unspecified atom stereocenters. The maximum Gasteiger partial charge on any atom is 0.0469 e. The van der Waals surface area contributed by atoms with E-state index in [9.17, 15) is 0 Å². The van der Waals surface area contributed by atoms with Gasteiger partial charge in [0.2, 0.25) is 0 Å². The average Bonchev–Trinajstić information content (AvgIpc) is 2.29. The summed E-state index contributed by atoms with van der Waals surface area (Å²) >= 11 is 0. The third-order valence-electron chi connectivity index (χ3n) is 3.33. The predicted octanol–water partition coefficient (Wildman–Crippen LogP) is 0.315. The van der Waals surface area contributed by atoms with Gasteiger partial charge in [-0.2, -0.15) is 0 Å². The molecule has 1 atom stereocenters. The third kappa shape index (κ3) is 5.25. The van der Waals surface area contributed by atoms with E-state index in [0.29, 0.717) is 6.04 Å². The molecule has 1 saturated heterocycles. The molecule has 16 heavy (non-hydrogen) atoms. The van der Waals surface area contributed by atoms with E-state index in [1.54, 1.807) is 0 Å². The molecular formula is C12H26N2O2. The van der Waals surface area contributed by atoms with Crippen molar-refractivity contribution in [2.24, 2.45) is 5.92 Å². The van der Waals surface area contributed by atoms with Gasteiger partial charge in [-0.1, -0.05) is 0 Å². The van der Waals surface area contributed by atoms with Crippen molar-refractivity contribution >= 4 is 0 Å². The first-order valence-electron chi connectivity index (χ1n) is 6.30. The molecule has 0 aromatic carbocycles. The maximum atomic E-state index is 8.93. The number of ether oxygens (including phenoxy) is 1. The summed E-state index contributed by atoms with van der Waals surface area (Å²) in [5, 5.41) is 12.2. The van der Waals surface area contributed by atoms with Crippen LogP contribution in [-0.2, 0) is 4.74 Å².